The third kappa shape index (κ3) is 2.27. The maximum Gasteiger partial charge on any atom is 0.322 e. The van der Waals surface area contributed by atoms with Crippen molar-refractivity contribution in [3.63, 3.8) is 0 Å². The molecule has 1 saturated heterocycles. The van der Waals surface area contributed by atoms with E-state index in [-0.39, 0.29) is 18.1 Å². The highest BCUT2D eigenvalue weighted by Crippen LogP contribution is 2.26. The van der Waals surface area contributed by atoms with E-state index < -0.39 is 0 Å². The zero-order valence-electron chi connectivity index (χ0n) is 9.27. The molecule has 1 aromatic carbocycles. The number of carbonyl (C=O) groups is 1. The third-order valence-corrected chi connectivity index (χ3v) is 2.97. The van der Waals surface area contributed by atoms with Crippen molar-refractivity contribution in [3.8, 4) is 0 Å². The number of methoxy groups -OCH3 is 1. The Bertz CT molecular complexity index is 377. The molecule has 3 nitrogen and oxygen atoms in total. The van der Waals surface area contributed by atoms with Crippen LogP contribution < -0.4 is 10.8 Å². The molecule has 0 spiro atoms. The number of ether oxygens (including phenoxy) is 1. The second-order valence-electron chi connectivity index (χ2n) is 4.04. The topological polar surface area (TPSA) is 38.3 Å². The number of nitrogens with one attached hydrogen (secondary N) is 1. The fourth-order valence-corrected chi connectivity index (χ4v) is 2.06. The average Bonchev–Trinajstić information content (AvgIpc) is 2.78. The van der Waals surface area contributed by atoms with Gasteiger partial charge in [-0.3, -0.25) is 10.1 Å². The Kier molecular flexibility index (Phi) is 3.29. The van der Waals surface area contributed by atoms with Gasteiger partial charge in [-0.2, -0.15) is 0 Å². The van der Waals surface area contributed by atoms with Crippen LogP contribution in [-0.4, -0.2) is 27.0 Å². The molecule has 2 rings (SSSR count). The molecule has 0 aromatic heterocycles. The van der Waals surface area contributed by atoms with Gasteiger partial charge in [0.2, 0.25) is 0 Å². The second kappa shape index (κ2) is 4.70. The molecule has 1 aliphatic heterocycles. The third-order valence-electron chi connectivity index (χ3n) is 2.97. The summed E-state index contributed by atoms with van der Waals surface area (Å²) in [5.74, 6) is -0.182. The van der Waals surface area contributed by atoms with E-state index >= 15 is 0 Å². The van der Waals surface area contributed by atoms with E-state index in [2.05, 4.69) is 5.32 Å². The molecule has 2 atom stereocenters. The molecule has 1 fully saturated rings. The SMILES string of the molecule is [B]c1ccc([C@H]2CC[C@@H](C(=O)OC)N2)cc1. The summed E-state index contributed by atoms with van der Waals surface area (Å²) >= 11 is 0. The number of carbonyl (C=O) groups excluding carboxylic acids is 1. The Morgan fingerprint density at radius 3 is 2.69 bits per heavy atom. The molecule has 0 aliphatic carbocycles. The zero-order valence-corrected chi connectivity index (χ0v) is 9.27. The molecule has 82 valence electrons. The summed E-state index contributed by atoms with van der Waals surface area (Å²) < 4.78 is 4.72. The predicted octanol–water partition coefficient (Wildman–Crippen LogP) is 0.446. The average molecular weight is 215 g/mol. The molecule has 1 N–H and O–H groups in total. The van der Waals surface area contributed by atoms with Crippen LogP contribution in [0.3, 0.4) is 0 Å². The Morgan fingerprint density at radius 1 is 1.38 bits per heavy atom. The smallest absolute Gasteiger partial charge is 0.322 e. The van der Waals surface area contributed by atoms with E-state index in [1.807, 2.05) is 24.3 Å². The Hall–Kier alpha value is -1.29. The zero-order chi connectivity index (χ0) is 11.5. The Labute approximate surface area is 96.6 Å². The highest BCUT2D eigenvalue weighted by molar-refractivity contribution is 6.32. The lowest BCUT2D eigenvalue weighted by Gasteiger charge is -2.13. The molecule has 0 unspecified atom stereocenters. The normalized spacial score (nSPS) is 24.3. The number of hydrogen-bond acceptors (Lipinski definition) is 3. The first-order valence-corrected chi connectivity index (χ1v) is 5.40. The summed E-state index contributed by atoms with van der Waals surface area (Å²) in [5.41, 5.74) is 1.92. The van der Waals surface area contributed by atoms with Crippen molar-refractivity contribution in [1.82, 2.24) is 5.32 Å². The summed E-state index contributed by atoms with van der Waals surface area (Å²) in [6.45, 7) is 0. The maximum atomic E-state index is 11.3. The van der Waals surface area contributed by atoms with Gasteiger partial charge in [-0.25, -0.2) is 0 Å². The van der Waals surface area contributed by atoms with Gasteiger partial charge in [0.05, 0.1) is 7.11 Å². The first-order chi connectivity index (χ1) is 7.70. The van der Waals surface area contributed by atoms with E-state index in [4.69, 9.17) is 12.6 Å². The van der Waals surface area contributed by atoms with Crippen LogP contribution in [0.25, 0.3) is 0 Å². The molecule has 0 amide bonds. The van der Waals surface area contributed by atoms with Crippen LogP contribution in [0.1, 0.15) is 24.4 Å². The number of hydrogen-bond donors (Lipinski definition) is 1. The van der Waals surface area contributed by atoms with E-state index in [9.17, 15) is 4.79 Å². The molecule has 0 bridgehead atoms. The van der Waals surface area contributed by atoms with Crippen molar-refractivity contribution in [3.05, 3.63) is 29.8 Å². The van der Waals surface area contributed by atoms with Crippen LogP contribution in [0, 0.1) is 0 Å². The minimum atomic E-state index is -0.182. The van der Waals surface area contributed by atoms with Crippen molar-refractivity contribution in [1.29, 1.82) is 0 Å². The predicted molar refractivity (Wildman–Crippen MR) is 62.7 cm³/mol. The quantitative estimate of drug-likeness (QED) is 0.574. The molecule has 2 radical (unpaired) electrons. The molecule has 1 aliphatic rings. The van der Waals surface area contributed by atoms with Gasteiger partial charge in [0.15, 0.2) is 0 Å². The van der Waals surface area contributed by atoms with Crippen molar-refractivity contribution in [2.45, 2.75) is 24.9 Å². The van der Waals surface area contributed by atoms with E-state index in [0.29, 0.717) is 0 Å². The highest BCUT2D eigenvalue weighted by atomic mass is 16.5. The van der Waals surface area contributed by atoms with Crippen molar-refractivity contribution < 1.29 is 9.53 Å². The first kappa shape index (κ1) is 11.2. The first-order valence-electron chi connectivity index (χ1n) is 5.40. The monoisotopic (exact) mass is 215 g/mol. The van der Waals surface area contributed by atoms with Gasteiger partial charge in [-0.15, -0.1) is 0 Å². The summed E-state index contributed by atoms with van der Waals surface area (Å²) in [5, 5.41) is 3.26. The molecule has 1 heterocycles. The van der Waals surface area contributed by atoms with E-state index in [0.717, 1.165) is 18.3 Å². The maximum absolute atomic E-state index is 11.3. The van der Waals surface area contributed by atoms with E-state index in [1.165, 1.54) is 12.7 Å². The van der Waals surface area contributed by atoms with Crippen LogP contribution >= 0.6 is 0 Å². The van der Waals surface area contributed by atoms with Crippen LogP contribution in [-0.2, 0) is 9.53 Å². The van der Waals surface area contributed by atoms with Gasteiger partial charge in [0, 0.05) is 6.04 Å². The van der Waals surface area contributed by atoms with Gasteiger partial charge in [-0.05, 0) is 18.4 Å². The fourth-order valence-electron chi connectivity index (χ4n) is 2.06. The largest absolute Gasteiger partial charge is 0.468 e. The Morgan fingerprint density at radius 2 is 2.06 bits per heavy atom. The summed E-state index contributed by atoms with van der Waals surface area (Å²) in [6, 6.07) is 7.79. The van der Waals surface area contributed by atoms with Crippen LogP contribution in [0.5, 0.6) is 0 Å². The van der Waals surface area contributed by atoms with Gasteiger partial charge in [0.25, 0.3) is 0 Å². The van der Waals surface area contributed by atoms with Gasteiger partial charge >= 0.3 is 5.97 Å². The lowest BCUT2D eigenvalue weighted by molar-refractivity contribution is -0.142. The lowest BCUT2D eigenvalue weighted by atomic mass is 9.93. The molecule has 1 aromatic rings. The second-order valence-corrected chi connectivity index (χ2v) is 4.04. The van der Waals surface area contributed by atoms with E-state index in [1.54, 1.807) is 0 Å². The fraction of sp³-hybridized carbons (Fsp3) is 0.417. The number of benzene rings is 1. The number of rotatable bonds is 2. The van der Waals surface area contributed by atoms with Crippen LogP contribution in [0.2, 0.25) is 0 Å². The standard InChI is InChI=1S/C12H14BNO2/c1-16-12(15)11-7-6-10(14-11)8-2-4-9(13)5-3-8/h2-5,10-11,14H,6-7H2,1H3/t10-,11+/m1/s1. The molecular weight excluding hydrogens is 201 g/mol. The minimum absolute atomic E-state index is 0.174. The van der Waals surface area contributed by atoms with Gasteiger partial charge in [-0.1, -0.05) is 29.7 Å². The Balaban J connectivity index is 2.03. The van der Waals surface area contributed by atoms with Crippen molar-refractivity contribution in [2.24, 2.45) is 0 Å². The van der Waals surface area contributed by atoms with Gasteiger partial charge in [0.1, 0.15) is 13.9 Å². The van der Waals surface area contributed by atoms with Gasteiger partial charge < -0.3 is 4.74 Å². The summed E-state index contributed by atoms with van der Waals surface area (Å²) in [4.78, 5) is 11.3. The molecule has 16 heavy (non-hydrogen) atoms. The molecule has 4 heteroatoms. The molecular formula is C12H14BNO2. The van der Waals surface area contributed by atoms with Crippen molar-refractivity contribution >= 4 is 19.3 Å². The summed E-state index contributed by atoms with van der Waals surface area (Å²) in [6.07, 6.45) is 1.77. The van der Waals surface area contributed by atoms with Crippen molar-refractivity contribution in [2.75, 3.05) is 7.11 Å². The lowest BCUT2D eigenvalue weighted by Crippen LogP contribution is -2.33. The minimum Gasteiger partial charge on any atom is -0.468 e. The number of esters is 1. The highest BCUT2D eigenvalue weighted by Gasteiger charge is 2.30. The van der Waals surface area contributed by atoms with Crippen LogP contribution in [0.4, 0.5) is 0 Å². The summed E-state index contributed by atoms with van der Waals surface area (Å²) in [7, 11) is 7.05. The van der Waals surface area contributed by atoms with Crippen LogP contribution in [0.15, 0.2) is 24.3 Å². The molecule has 0 saturated carbocycles.